The zero-order chi connectivity index (χ0) is 14.8. The number of aryl methyl sites for hydroxylation is 1. The second-order valence-corrected chi connectivity index (χ2v) is 5.76. The number of aromatic nitrogens is 4. The zero-order valence-electron chi connectivity index (χ0n) is 12.6. The molecule has 1 aliphatic carbocycles. The first-order valence-corrected chi connectivity index (χ1v) is 7.54. The predicted octanol–water partition coefficient (Wildman–Crippen LogP) is 1.01. The van der Waals surface area contributed by atoms with E-state index in [1.807, 2.05) is 0 Å². The Balaban J connectivity index is 1.61. The number of nitrogens with zero attached hydrogens (tertiary/aromatic N) is 4. The molecule has 1 saturated carbocycles. The number of anilines is 1. The first kappa shape index (κ1) is 14.1. The SMILES string of the molecule is Cc1nc(NCCN(C)C2CCCC2)cc2n[nH]c(=O)n12. The number of nitrogens with one attached hydrogen (secondary N) is 2. The van der Waals surface area contributed by atoms with Gasteiger partial charge in [0.15, 0.2) is 5.65 Å². The van der Waals surface area contributed by atoms with Crippen LogP contribution in [0.4, 0.5) is 5.82 Å². The highest BCUT2D eigenvalue weighted by Gasteiger charge is 2.18. The van der Waals surface area contributed by atoms with Crippen LogP contribution < -0.4 is 11.0 Å². The topological polar surface area (TPSA) is 78.3 Å². The third-order valence-corrected chi connectivity index (χ3v) is 4.29. The molecule has 0 aliphatic heterocycles. The number of likely N-dealkylation sites (N-methyl/N-ethyl adjacent to an activating group) is 1. The van der Waals surface area contributed by atoms with Crippen molar-refractivity contribution >= 4 is 11.5 Å². The van der Waals surface area contributed by atoms with Crippen molar-refractivity contribution in [1.29, 1.82) is 0 Å². The summed E-state index contributed by atoms with van der Waals surface area (Å²) in [6, 6.07) is 2.52. The first-order valence-electron chi connectivity index (χ1n) is 7.54. The standard InChI is InChI=1S/C14H22N6O/c1-10-16-12(9-13-17-18-14(21)20(10)13)15-7-8-19(2)11-5-3-4-6-11/h9,11,15H,3-8H2,1-2H3,(H,18,21). The van der Waals surface area contributed by atoms with E-state index in [1.165, 1.54) is 30.1 Å². The maximum absolute atomic E-state index is 11.5. The number of aromatic amines is 1. The number of rotatable bonds is 5. The summed E-state index contributed by atoms with van der Waals surface area (Å²) >= 11 is 0. The average molecular weight is 290 g/mol. The van der Waals surface area contributed by atoms with E-state index in [-0.39, 0.29) is 5.69 Å². The average Bonchev–Trinajstić information content (AvgIpc) is 3.09. The molecular weight excluding hydrogens is 268 g/mol. The second-order valence-electron chi connectivity index (χ2n) is 5.76. The third kappa shape index (κ3) is 2.92. The fourth-order valence-corrected chi connectivity index (χ4v) is 3.08. The van der Waals surface area contributed by atoms with Gasteiger partial charge in [0.2, 0.25) is 0 Å². The molecule has 0 radical (unpaired) electrons. The van der Waals surface area contributed by atoms with Crippen molar-refractivity contribution < 1.29 is 0 Å². The van der Waals surface area contributed by atoms with Crippen LogP contribution in [-0.4, -0.2) is 50.7 Å². The Morgan fingerprint density at radius 3 is 3.00 bits per heavy atom. The van der Waals surface area contributed by atoms with Gasteiger partial charge in [-0.15, -0.1) is 0 Å². The maximum Gasteiger partial charge on any atom is 0.349 e. The summed E-state index contributed by atoms with van der Waals surface area (Å²) in [5, 5.41) is 9.74. The van der Waals surface area contributed by atoms with Crippen LogP contribution in [-0.2, 0) is 0 Å². The van der Waals surface area contributed by atoms with Crippen LogP contribution in [0.3, 0.4) is 0 Å². The first-order chi connectivity index (χ1) is 10.1. The van der Waals surface area contributed by atoms with E-state index >= 15 is 0 Å². The monoisotopic (exact) mass is 290 g/mol. The summed E-state index contributed by atoms with van der Waals surface area (Å²) in [5.74, 6) is 1.40. The Bertz CT molecular complexity index is 670. The van der Waals surface area contributed by atoms with E-state index in [1.54, 1.807) is 13.0 Å². The van der Waals surface area contributed by atoms with Gasteiger partial charge in [-0.3, -0.25) is 0 Å². The molecule has 2 aromatic rings. The lowest BCUT2D eigenvalue weighted by atomic mass is 10.2. The lowest BCUT2D eigenvalue weighted by Crippen LogP contribution is -2.33. The molecule has 2 N–H and O–H groups in total. The Hall–Kier alpha value is -1.89. The molecule has 1 aliphatic rings. The molecule has 3 rings (SSSR count). The number of hydrogen-bond acceptors (Lipinski definition) is 5. The van der Waals surface area contributed by atoms with Crippen LogP contribution in [0.25, 0.3) is 5.65 Å². The summed E-state index contributed by atoms with van der Waals surface area (Å²) in [6.07, 6.45) is 5.34. The molecule has 0 saturated heterocycles. The van der Waals surface area contributed by atoms with E-state index < -0.39 is 0 Å². The van der Waals surface area contributed by atoms with Crippen molar-refractivity contribution in [2.45, 2.75) is 38.6 Å². The number of H-pyrrole nitrogens is 1. The third-order valence-electron chi connectivity index (χ3n) is 4.29. The maximum atomic E-state index is 11.5. The molecule has 0 unspecified atom stereocenters. The Morgan fingerprint density at radius 1 is 1.48 bits per heavy atom. The van der Waals surface area contributed by atoms with Crippen molar-refractivity contribution in [2.24, 2.45) is 0 Å². The van der Waals surface area contributed by atoms with E-state index in [2.05, 4.69) is 32.4 Å². The van der Waals surface area contributed by atoms with Crippen LogP contribution in [0.1, 0.15) is 31.5 Å². The summed E-state index contributed by atoms with van der Waals surface area (Å²) in [5.41, 5.74) is 0.349. The highest BCUT2D eigenvalue weighted by Crippen LogP contribution is 2.21. The fourth-order valence-electron chi connectivity index (χ4n) is 3.08. The molecule has 0 amide bonds. The van der Waals surface area contributed by atoms with E-state index in [0.29, 0.717) is 11.5 Å². The second kappa shape index (κ2) is 5.85. The highest BCUT2D eigenvalue weighted by atomic mass is 16.1. The molecule has 0 aromatic carbocycles. The molecule has 7 heteroatoms. The molecule has 1 fully saturated rings. The van der Waals surface area contributed by atoms with Crippen LogP contribution in [0.2, 0.25) is 0 Å². The number of hydrogen-bond donors (Lipinski definition) is 2. The molecule has 0 atom stereocenters. The molecular formula is C14H22N6O. The van der Waals surface area contributed by atoms with Crippen LogP contribution >= 0.6 is 0 Å². The fraction of sp³-hybridized carbons (Fsp3) is 0.643. The Morgan fingerprint density at radius 2 is 2.24 bits per heavy atom. The molecule has 0 spiro atoms. The van der Waals surface area contributed by atoms with Crippen molar-refractivity contribution in [3.8, 4) is 0 Å². The van der Waals surface area contributed by atoms with E-state index in [9.17, 15) is 4.79 Å². The van der Waals surface area contributed by atoms with Gasteiger partial charge < -0.3 is 10.2 Å². The normalized spacial score (nSPS) is 16.1. The minimum atomic E-state index is -0.248. The van der Waals surface area contributed by atoms with Gasteiger partial charge in [0.25, 0.3) is 0 Å². The van der Waals surface area contributed by atoms with Gasteiger partial charge in [-0.1, -0.05) is 12.8 Å². The van der Waals surface area contributed by atoms with Gasteiger partial charge in [-0.05, 0) is 26.8 Å². The van der Waals surface area contributed by atoms with Crippen molar-refractivity contribution in [3.63, 3.8) is 0 Å². The van der Waals surface area contributed by atoms with Gasteiger partial charge in [-0.2, -0.15) is 5.10 Å². The zero-order valence-corrected chi connectivity index (χ0v) is 12.6. The largest absolute Gasteiger partial charge is 0.369 e. The molecule has 0 bridgehead atoms. The van der Waals surface area contributed by atoms with Gasteiger partial charge in [0.05, 0.1) is 0 Å². The molecule has 7 nitrogen and oxygen atoms in total. The quantitative estimate of drug-likeness (QED) is 0.859. The van der Waals surface area contributed by atoms with Crippen molar-refractivity contribution in [2.75, 3.05) is 25.5 Å². The lowest BCUT2D eigenvalue weighted by molar-refractivity contribution is 0.254. The smallest absolute Gasteiger partial charge is 0.349 e. The Kier molecular flexibility index (Phi) is 3.92. The highest BCUT2D eigenvalue weighted by molar-refractivity contribution is 5.49. The predicted molar refractivity (Wildman–Crippen MR) is 81.7 cm³/mol. The summed E-state index contributed by atoms with van der Waals surface area (Å²) in [4.78, 5) is 18.4. The molecule has 2 aromatic heterocycles. The van der Waals surface area contributed by atoms with Gasteiger partial charge in [0, 0.05) is 25.2 Å². The van der Waals surface area contributed by atoms with Crippen LogP contribution in [0.15, 0.2) is 10.9 Å². The summed E-state index contributed by atoms with van der Waals surface area (Å²) < 4.78 is 1.47. The molecule has 21 heavy (non-hydrogen) atoms. The van der Waals surface area contributed by atoms with E-state index in [4.69, 9.17) is 0 Å². The Labute approximate surface area is 123 Å². The molecule has 2 heterocycles. The minimum absolute atomic E-state index is 0.248. The van der Waals surface area contributed by atoms with E-state index in [0.717, 1.165) is 24.9 Å². The van der Waals surface area contributed by atoms with Crippen LogP contribution in [0.5, 0.6) is 0 Å². The van der Waals surface area contributed by atoms with Gasteiger partial charge >= 0.3 is 5.69 Å². The van der Waals surface area contributed by atoms with Gasteiger partial charge in [-0.25, -0.2) is 19.3 Å². The van der Waals surface area contributed by atoms with Crippen molar-refractivity contribution in [1.82, 2.24) is 24.5 Å². The number of fused-ring (bicyclic) bond motifs is 1. The molecule has 114 valence electrons. The summed E-state index contributed by atoms with van der Waals surface area (Å²) in [7, 11) is 2.19. The van der Waals surface area contributed by atoms with Gasteiger partial charge in [0.1, 0.15) is 11.6 Å². The minimum Gasteiger partial charge on any atom is -0.369 e. The summed E-state index contributed by atoms with van der Waals surface area (Å²) in [6.45, 7) is 3.63. The van der Waals surface area contributed by atoms with Crippen molar-refractivity contribution in [3.05, 3.63) is 22.4 Å². The lowest BCUT2D eigenvalue weighted by Gasteiger charge is -2.24. The van der Waals surface area contributed by atoms with Crippen LogP contribution in [0, 0.1) is 6.92 Å².